The molecule has 3 nitrogen and oxygen atoms in total. The molecule has 0 atom stereocenters. The van der Waals surface area contributed by atoms with Gasteiger partial charge in [-0.25, -0.2) is 9.97 Å². The minimum absolute atomic E-state index is 0.537. The number of nitrogen functional groups attached to an aromatic ring is 1. The van der Waals surface area contributed by atoms with E-state index in [0.717, 1.165) is 23.2 Å². The second-order valence-corrected chi connectivity index (χ2v) is 5.19. The summed E-state index contributed by atoms with van der Waals surface area (Å²) in [5, 5.41) is 1.08. The van der Waals surface area contributed by atoms with Crippen LogP contribution in [0.25, 0.3) is 0 Å². The first-order valence-electron chi connectivity index (χ1n) is 6.07. The minimum Gasteiger partial charge on any atom is -0.383 e. The van der Waals surface area contributed by atoms with E-state index < -0.39 is 0 Å². The molecule has 100 valence electrons. The van der Waals surface area contributed by atoms with Crippen LogP contribution in [0.1, 0.15) is 29.6 Å². The molecule has 0 amide bonds. The van der Waals surface area contributed by atoms with E-state index in [9.17, 15) is 0 Å². The predicted molar refractivity (Wildman–Crippen MR) is 79.8 cm³/mol. The number of nitrogens with zero attached hydrogens (tertiary/aromatic N) is 2. The molecule has 2 N–H and O–H groups in total. The van der Waals surface area contributed by atoms with Crippen molar-refractivity contribution in [2.45, 2.75) is 26.7 Å². The lowest BCUT2D eigenvalue weighted by atomic mass is 10.1. The van der Waals surface area contributed by atoms with Crippen molar-refractivity contribution in [1.29, 1.82) is 0 Å². The fourth-order valence-electron chi connectivity index (χ4n) is 1.89. The summed E-state index contributed by atoms with van der Waals surface area (Å²) in [6.07, 6.45) is 1.43. The summed E-state index contributed by atoms with van der Waals surface area (Å²) in [6, 6.07) is 5.52. The third kappa shape index (κ3) is 3.17. The van der Waals surface area contributed by atoms with Crippen molar-refractivity contribution >= 4 is 29.0 Å². The molecule has 0 radical (unpaired) electrons. The number of anilines is 1. The Labute approximate surface area is 122 Å². The molecule has 1 heterocycles. The van der Waals surface area contributed by atoms with Gasteiger partial charge in [-0.3, -0.25) is 0 Å². The first-order chi connectivity index (χ1) is 9.01. The van der Waals surface area contributed by atoms with Gasteiger partial charge in [0, 0.05) is 17.7 Å². The summed E-state index contributed by atoms with van der Waals surface area (Å²) in [6.45, 7) is 3.99. The Balaban J connectivity index is 2.32. The minimum atomic E-state index is 0.537. The van der Waals surface area contributed by atoms with Gasteiger partial charge in [0.1, 0.15) is 11.6 Å². The predicted octanol–water partition coefficient (Wildman–Crippen LogP) is 3.83. The summed E-state index contributed by atoms with van der Waals surface area (Å²) < 4.78 is 0. The van der Waals surface area contributed by atoms with Gasteiger partial charge >= 0.3 is 0 Å². The summed E-state index contributed by atoms with van der Waals surface area (Å²) in [7, 11) is 0. The monoisotopic (exact) mass is 295 g/mol. The average molecular weight is 296 g/mol. The van der Waals surface area contributed by atoms with Crippen LogP contribution >= 0.6 is 23.2 Å². The van der Waals surface area contributed by atoms with Crippen molar-refractivity contribution in [3.8, 4) is 0 Å². The van der Waals surface area contributed by atoms with E-state index in [1.807, 2.05) is 19.1 Å². The SMILES string of the molecule is CCc1nc(Cc2ccc(Cl)c(Cl)c2)nc(N)c1C. The lowest BCUT2D eigenvalue weighted by molar-refractivity contribution is 0.895. The van der Waals surface area contributed by atoms with Crippen molar-refractivity contribution in [3.05, 3.63) is 50.9 Å². The molecule has 0 fully saturated rings. The van der Waals surface area contributed by atoms with Crippen LogP contribution in [0.4, 0.5) is 5.82 Å². The Hall–Kier alpha value is -1.32. The molecule has 0 bridgehead atoms. The fraction of sp³-hybridized carbons (Fsp3) is 0.286. The first-order valence-corrected chi connectivity index (χ1v) is 6.82. The molecule has 2 rings (SSSR count). The average Bonchev–Trinajstić information content (AvgIpc) is 2.38. The summed E-state index contributed by atoms with van der Waals surface area (Å²) in [5.41, 5.74) is 8.87. The molecular weight excluding hydrogens is 281 g/mol. The molecule has 0 unspecified atom stereocenters. The highest BCUT2D eigenvalue weighted by Crippen LogP contribution is 2.24. The molecule has 0 aliphatic rings. The van der Waals surface area contributed by atoms with E-state index in [4.69, 9.17) is 28.9 Å². The number of hydrogen-bond acceptors (Lipinski definition) is 3. The topological polar surface area (TPSA) is 51.8 Å². The van der Waals surface area contributed by atoms with Crippen LogP contribution in [0.5, 0.6) is 0 Å². The van der Waals surface area contributed by atoms with Gasteiger partial charge in [0.15, 0.2) is 0 Å². The normalized spacial score (nSPS) is 10.7. The van der Waals surface area contributed by atoms with Gasteiger partial charge in [-0.15, -0.1) is 0 Å². The third-order valence-electron chi connectivity index (χ3n) is 3.01. The Kier molecular flexibility index (Phi) is 4.27. The number of halogens is 2. The quantitative estimate of drug-likeness (QED) is 0.936. The molecule has 5 heteroatoms. The van der Waals surface area contributed by atoms with Gasteiger partial charge in [-0.1, -0.05) is 36.2 Å². The standard InChI is InChI=1S/C14H15Cl2N3/c1-3-12-8(2)14(17)19-13(18-12)7-9-4-5-10(15)11(16)6-9/h4-6H,3,7H2,1-2H3,(H2,17,18,19). The number of rotatable bonds is 3. The first kappa shape index (κ1) is 14.1. The number of benzene rings is 1. The van der Waals surface area contributed by atoms with Crippen molar-refractivity contribution < 1.29 is 0 Å². The second-order valence-electron chi connectivity index (χ2n) is 4.38. The summed E-state index contributed by atoms with van der Waals surface area (Å²) in [4.78, 5) is 8.85. The van der Waals surface area contributed by atoms with Gasteiger partial charge < -0.3 is 5.73 Å². The van der Waals surface area contributed by atoms with Crippen molar-refractivity contribution in [2.24, 2.45) is 0 Å². The van der Waals surface area contributed by atoms with E-state index in [2.05, 4.69) is 16.9 Å². The van der Waals surface area contributed by atoms with Crippen molar-refractivity contribution in [2.75, 3.05) is 5.73 Å². The molecule has 1 aromatic heterocycles. The molecule has 0 aliphatic carbocycles. The lowest BCUT2D eigenvalue weighted by Gasteiger charge is -2.09. The number of nitrogens with two attached hydrogens (primary N) is 1. The highest BCUT2D eigenvalue weighted by Gasteiger charge is 2.08. The van der Waals surface area contributed by atoms with E-state index in [1.165, 1.54) is 0 Å². The molecule has 0 aliphatic heterocycles. The Morgan fingerprint density at radius 3 is 2.53 bits per heavy atom. The van der Waals surface area contributed by atoms with E-state index in [1.54, 1.807) is 6.07 Å². The van der Waals surface area contributed by atoms with Crippen LogP contribution < -0.4 is 5.73 Å². The van der Waals surface area contributed by atoms with Gasteiger partial charge in [0.25, 0.3) is 0 Å². The molecular formula is C14H15Cl2N3. The third-order valence-corrected chi connectivity index (χ3v) is 3.75. The Morgan fingerprint density at radius 1 is 1.16 bits per heavy atom. The summed E-state index contributed by atoms with van der Waals surface area (Å²) in [5.74, 6) is 1.25. The van der Waals surface area contributed by atoms with Crippen LogP contribution in [-0.2, 0) is 12.8 Å². The lowest BCUT2D eigenvalue weighted by Crippen LogP contribution is -2.07. The molecule has 19 heavy (non-hydrogen) atoms. The summed E-state index contributed by atoms with van der Waals surface area (Å²) >= 11 is 11.9. The molecule has 0 saturated carbocycles. The van der Waals surface area contributed by atoms with Gasteiger partial charge in [0.05, 0.1) is 10.0 Å². The van der Waals surface area contributed by atoms with E-state index in [0.29, 0.717) is 28.1 Å². The van der Waals surface area contributed by atoms with Crippen LogP contribution in [-0.4, -0.2) is 9.97 Å². The van der Waals surface area contributed by atoms with Crippen LogP contribution in [0.15, 0.2) is 18.2 Å². The van der Waals surface area contributed by atoms with Gasteiger partial charge in [0.2, 0.25) is 0 Å². The Morgan fingerprint density at radius 2 is 1.89 bits per heavy atom. The van der Waals surface area contributed by atoms with Crippen molar-refractivity contribution in [3.63, 3.8) is 0 Å². The van der Waals surface area contributed by atoms with E-state index in [-0.39, 0.29) is 0 Å². The highest BCUT2D eigenvalue weighted by atomic mass is 35.5. The highest BCUT2D eigenvalue weighted by molar-refractivity contribution is 6.42. The zero-order valence-electron chi connectivity index (χ0n) is 10.9. The number of hydrogen-bond donors (Lipinski definition) is 1. The largest absolute Gasteiger partial charge is 0.383 e. The molecule has 0 saturated heterocycles. The maximum atomic E-state index is 6.00. The molecule has 0 spiro atoms. The number of aromatic nitrogens is 2. The van der Waals surface area contributed by atoms with Crippen LogP contribution in [0.2, 0.25) is 10.0 Å². The zero-order chi connectivity index (χ0) is 14.0. The maximum Gasteiger partial charge on any atom is 0.135 e. The van der Waals surface area contributed by atoms with E-state index >= 15 is 0 Å². The maximum absolute atomic E-state index is 6.00. The second kappa shape index (κ2) is 5.76. The van der Waals surface area contributed by atoms with Crippen LogP contribution in [0, 0.1) is 6.92 Å². The Bertz CT molecular complexity index is 612. The number of aryl methyl sites for hydroxylation is 1. The van der Waals surface area contributed by atoms with Crippen molar-refractivity contribution in [1.82, 2.24) is 9.97 Å². The molecule has 2 aromatic rings. The molecule has 1 aromatic carbocycles. The smallest absolute Gasteiger partial charge is 0.135 e. The van der Waals surface area contributed by atoms with Crippen LogP contribution in [0.3, 0.4) is 0 Å². The fourth-order valence-corrected chi connectivity index (χ4v) is 2.21. The van der Waals surface area contributed by atoms with Gasteiger partial charge in [-0.2, -0.15) is 0 Å². The zero-order valence-corrected chi connectivity index (χ0v) is 12.4. The van der Waals surface area contributed by atoms with Gasteiger partial charge in [-0.05, 0) is 31.0 Å².